The molecule has 0 saturated carbocycles. The molecule has 3 fully saturated rings. The van der Waals surface area contributed by atoms with E-state index in [1.165, 1.54) is 0 Å². The van der Waals surface area contributed by atoms with Gasteiger partial charge in [-0.1, -0.05) is 26.2 Å². The lowest BCUT2D eigenvalue weighted by Crippen LogP contribution is -2.58. The average molecular weight is 701 g/mol. The number of hydrogen-bond donors (Lipinski definition) is 0. The number of rotatable bonds is 10. The fourth-order valence-corrected chi connectivity index (χ4v) is 5.94. The van der Waals surface area contributed by atoms with E-state index >= 15 is 22.0 Å². The molecule has 0 N–H and O–H groups in total. The molecule has 4 aromatic carbocycles. The summed E-state index contributed by atoms with van der Waals surface area (Å²) in [6.07, 6.45) is -1.07. The minimum absolute atomic E-state index is 0.167. The van der Waals surface area contributed by atoms with Crippen molar-refractivity contribution in [3.05, 3.63) is 112 Å². The van der Waals surface area contributed by atoms with Crippen LogP contribution in [0.5, 0.6) is 5.75 Å². The third kappa shape index (κ3) is 6.49. The minimum atomic E-state index is -4.69. The summed E-state index contributed by atoms with van der Waals surface area (Å²) in [5.74, 6) is -15.8. The lowest BCUT2D eigenvalue weighted by molar-refractivity contribution is -0.480. The van der Waals surface area contributed by atoms with Crippen LogP contribution in [0.3, 0.4) is 0 Å². The Bertz CT molecular complexity index is 1820. The van der Waals surface area contributed by atoms with Crippen LogP contribution in [-0.2, 0) is 26.3 Å². The summed E-state index contributed by atoms with van der Waals surface area (Å²) >= 11 is 0. The summed E-state index contributed by atoms with van der Waals surface area (Å²) in [5, 5.41) is 0. The van der Waals surface area contributed by atoms with Crippen LogP contribution in [0.1, 0.15) is 43.7 Å². The molecule has 3 saturated heterocycles. The van der Waals surface area contributed by atoms with Crippen molar-refractivity contribution < 1.29 is 62.9 Å². The second-order valence-electron chi connectivity index (χ2n) is 12.0. The molecular formula is C35H26F10O4. The average Bonchev–Trinajstić information content (AvgIpc) is 3.03. The highest BCUT2D eigenvalue weighted by molar-refractivity contribution is 5.72. The fraction of sp³-hybridized carbons (Fsp3) is 0.314. The molecule has 3 aliphatic heterocycles. The van der Waals surface area contributed by atoms with E-state index in [4.69, 9.17) is 14.2 Å². The molecule has 0 atom stereocenters. The van der Waals surface area contributed by atoms with Gasteiger partial charge >= 0.3 is 12.1 Å². The first-order valence-corrected chi connectivity index (χ1v) is 15.1. The van der Waals surface area contributed by atoms with Crippen molar-refractivity contribution in [2.24, 2.45) is 5.41 Å². The quantitative estimate of drug-likeness (QED) is 0.0938. The second kappa shape index (κ2) is 13.0. The zero-order chi connectivity index (χ0) is 35.3. The first kappa shape index (κ1) is 34.7. The number of alkyl halides is 2. The Hall–Kier alpha value is -4.14. The Morgan fingerprint density at radius 1 is 0.653 bits per heavy atom. The van der Waals surface area contributed by atoms with Crippen LogP contribution >= 0.6 is 0 Å². The summed E-state index contributed by atoms with van der Waals surface area (Å²) in [4.78, 5) is 0. The molecule has 0 aliphatic carbocycles. The van der Waals surface area contributed by atoms with Gasteiger partial charge in [0.2, 0.25) is 0 Å². The molecule has 260 valence electrons. The first-order valence-electron chi connectivity index (χ1n) is 15.1. The van der Waals surface area contributed by atoms with Gasteiger partial charge in [0.1, 0.15) is 40.4 Å². The maximum absolute atomic E-state index is 15.2. The van der Waals surface area contributed by atoms with Crippen molar-refractivity contribution in [3.8, 4) is 28.0 Å². The minimum Gasteiger partial charge on any atom is -0.429 e. The summed E-state index contributed by atoms with van der Waals surface area (Å²) < 4.78 is 168. The highest BCUT2D eigenvalue weighted by Crippen LogP contribution is 2.48. The van der Waals surface area contributed by atoms with Crippen molar-refractivity contribution in [3.63, 3.8) is 0 Å². The summed E-state index contributed by atoms with van der Waals surface area (Å²) in [5.41, 5.74) is -5.17. The van der Waals surface area contributed by atoms with Crippen LogP contribution in [-0.4, -0.2) is 19.8 Å². The van der Waals surface area contributed by atoms with Gasteiger partial charge in [0.15, 0.2) is 17.5 Å². The Kier molecular flexibility index (Phi) is 9.18. The molecule has 3 aliphatic rings. The Morgan fingerprint density at radius 3 is 1.73 bits per heavy atom. The van der Waals surface area contributed by atoms with Gasteiger partial charge in [0.05, 0.1) is 25.4 Å². The molecule has 14 heteroatoms. The highest BCUT2D eigenvalue weighted by atomic mass is 19.3. The standard InChI is InChI=1S/C35H26F10O4/c1-2-3-4-7-33-15-46-35(47-16-33,48-17-33)20-12-26(39)31(27(40)13-20)34(44,45)49-21-5-6-22(23(36)14-21)18-8-24(37)30(25(38)9-18)19-10-28(41)32(43)29(42)11-19/h5-6,8-14H,2-4,7,15-17H2,1H3. The topological polar surface area (TPSA) is 36.9 Å². The number of unbranched alkanes of at least 4 members (excludes halogenated alkanes) is 2. The van der Waals surface area contributed by atoms with Gasteiger partial charge in [0.25, 0.3) is 0 Å². The van der Waals surface area contributed by atoms with Gasteiger partial charge in [-0.15, -0.1) is 0 Å². The molecule has 3 heterocycles. The smallest absolute Gasteiger partial charge is 0.429 e. The molecule has 49 heavy (non-hydrogen) atoms. The molecule has 7 rings (SSSR count). The van der Waals surface area contributed by atoms with Crippen molar-refractivity contribution in [2.45, 2.75) is 44.7 Å². The van der Waals surface area contributed by atoms with Crippen molar-refractivity contribution in [1.29, 1.82) is 0 Å². The lowest BCUT2D eigenvalue weighted by Gasteiger charge is -2.52. The van der Waals surface area contributed by atoms with E-state index in [0.29, 0.717) is 42.5 Å². The maximum Gasteiger partial charge on any atom is 0.432 e. The van der Waals surface area contributed by atoms with Gasteiger partial charge in [-0.05, 0) is 66.1 Å². The van der Waals surface area contributed by atoms with Crippen LogP contribution in [0, 0.1) is 52.0 Å². The first-order chi connectivity index (χ1) is 23.2. The maximum atomic E-state index is 15.2. The van der Waals surface area contributed by atoms with E-state index in [-0.39, 0.29) is 25.4 Å². The van der Waals surface area contributed by atoms with Crippen LogP contribution < -0.4 is 4.74 Å². The molecule has 2 bridgehead atoms. The monoisotopic (exact) mass is 700 g/mol. The molecule has 4 nitrogen and oxygen atoms in total. The molecule has 4 aromatic rings. The van der Waals surface area contributed by atoms with E-state index < -0.39 is 97.6 Å². The van der Waals surface area contributed by atoms with E-state index in [1.54, 1.807) is 0 Å². The summed E-state index contributed by atoms with van der Waals surface area (Å²) in [6, 6.07) is 5.02. The highest BCUT2D eigenvalue weighted by Gasteiger charge is 2.54. The van der Waals surface area contributed by atoms with Gasteiger partial charge in [0, 0.05) is 22.6 Å². The molecule has 0 spiro atoms. The van der Waals surface area contributed by atoms with Crippen molar-refractivity contribution in [1.82, 2.24) is 0 Å². The predicted molar refractivity (Wildman–Crippen MR) is 154 cm³/mol. The second-order valence-corrected chi connectivity index (χ2v) is 12.0. The van der Waals surface area contributed by atoms with E-state index in [9.17, 15) is 22.0 Å². The Morgan fingerprint density at radius 2 is 1.20 bits per heavy atom. The van der Waals surface area contributed by atoms with Crippen LogP contribution in [0.15, 0.2) is 54.6 Å². The number of fused-ring (bicyclic) bond motifs is 3. The number of ether oxygens (including phenoxy) is 4. The normalized spacial score (nSPS) is 20.6. The number of benzene rings is 4. The molecule has 0 unspecified atom stereocenters. The summed E-state index contributed by atoms with van der Waals surface area (Å²) in [6.45, 7) is 2.55. The van der Waals surface area contributed by atoms with Crippen LogP contribution in [0.4, 0.5) is 43.9 Å². The Balaban J connectivity index is 1.21. The van der Waals surface area contributed by atoms with Crippen LogP contribution in [0.25, 0.3) is 22.3 Å². The molecule has 0 radical (unpaired) electrons. The zero-order valence-electron chi connectivity index (χ0n) is 25.6. The number of hydrogen-bond acceptors (Lipinski definition) is 4. The molecule has 0 amide bonds. The Labute approximate surface area is 273 Å². The third-order valence-corrected chi connectivity index (χ3v) is 8.51. The van der Waals surface area contributed by atoms with Crippen LogP contribution in [0.2, 0.25) is 0 Å². The summed E-state index contributed by atoms with van der Waals surface area (Å²) in [7, 11) is 0. The fourth-order valence-electron chi connectivity index (χ4n) is 5.94. The van der Waals surface area contributed by atoms with E-state index in [2.05, 4.69) is 4.74 Å². The molecule has 0 aromatic heterocycles. The van der Waals surface area contributed by atoms with E-state index in [0.717, 1.165) is 37.8 Å². The van der Waals surface area contributed by atoms with Gasteiger partial charge in [-0.25, -0.2) is 35.1 Å². The van der Waals surface area contributed by atoms with Crippen molar-refractivity contribution in [2.75, 3.05) is 19.8 Å². The largest absolute Gasteiger partial charge is 0.432 e. The van der Waals surface area contributed by atoms with Crippen molar-refractivity contribution >= 4 is 0 Å². The third-order valence-electron chi connectivity index (χ3n) is 8.51. The predicted octanol–water partition coefficient (Wildman–Crippen LogP) is 10.0. The zero-order valence-corrected chi connectivity index (χ0v) is 25.6. The van der Waals surface area contributed by atoms with E-state index in [1.807, 2.05) is 6.92 Å². The number of halogens is 10. The SMILES string of the molecule is CCCCCC12COC(c3cc(F)c(C(F)(F)Oc4ccc(-c5cc(F)c(-c6cc(F)c(F)c(F)c6)c(F)c5)c(F)c4)c(F)c3)(OC1)OC2. The van der Waals surface area contributed by atoms with Gasteiger partial charge in [-0.3, -0.25) is 0 Å². The molecular weight excluding hydrogens is 674 g/mol. The van der Waals surface area contributed by atoms with Gasteiger partial charge in [-0.2, -0.15) is 8.78 Å². The lowest BCUT2D eigenvalue weighted by atomic mass is 9.82. The van der Waals surface area contributed by atoms with Gasteiger partial charge < -0.3 is 18.9 Å².